The lowest BCUT2D eigenvalue weighted by Gasteiger charge is -2.18. The van der Waals surface area contributed by atoms with Crippen LogP contribution in [0, 0.1) is 0 Å². The van der Waals surface area contributed by atoms with Crippen LogP contribution in [-0.2, 0) is 11.3 Å². The number of nitrogens with zero attached hydrogens (tertiary/aromatic N) is 5. The van der Waals surface area contributed by atoms with Crippen molar-refractivity contribution < 1.29 is 9.53 Å². The van der Waals surface area contributed by atoms with Gasteiger partial charge < -0.3 is 9.30 Å². The van der Waals surface area contributed by atoms with Crippen LogP contribution >= 0.6 is 46.3 Å². The Balaban J connectivity index is 1.34. The summed E-state index contributed by atoms with van der Waals surface area (Å²) < 4.78 is 7.91. The van der Waals surface area contributed by atoms with Crippen LogP contribution in [0.1, 0.15) is 68.8 Å². The minimum absolute atomic E-state index is 0.154. The fourth-order valence-electron chi connectivity index (χ4n) is 3.90. The number of thioether (sulfide) groups is 1. The molecule has 0 aliphatic heterocycles. The maximum atomic E-state index is 12.5. The Bertz CT molecular complexity index is 1130. The number of anilines is 1. The van der Waals surface area contributed by atoms with E-state index in [1.54, 1.807) is 18.2 Å². The number of halogens is 2. The first-order valence-corrected chi connectivity index (χ1v) is 13.8. The molecule has 182 valence electrons. The number of rotatable bonds is 9. The van der Waals surface area contributed by atoms with Gasteiger partial charge in [0.1, 0.15) is 10.8 Å². The monoisotopic (exact) mass is 540 g/mol. The van der Waals surface area contributed by atoms with Crippen LogP contribution < -0.4 is 10.1 Å². The van der Waals surface area contributed by atoms with E-state index >= 15 is 0 Å². The van der Waals surface area contributed by atoms with E-state index in [9.17, 15) is 4.79 Å². The van der Waals surface area contributed by atoms with Gasteiger partial charge in [0, 0.05) is 23.6 Å². The summed E-state index contributed by atoms with van der Waals surface area (Å²) in [5, 5.41) is 23.1. The summed E-state index contributed by atoms with van der Waals surface area (Å²) in [4.78, 5) is 12.5. The molecule has 1 fully saturated rings. The lowest BCUT2D eigenvalue weighted by molar-refractivity contribution is -0.113. The minimum Gasteiger partial charge on any atom is -0.481 e. The molecule has 34 heavy (non-hydrogen) atoms. The minimum atomic E-state index is -0.411. The van der Waals surface area contributed by atoms with E-state index in [4.69, 9.17) is 27.9 Å². The molecule has 1 aliphatic carbocycles. The van der Waals surface area contributed by atoms with Crippen molar-refractivity contribution in [3.05, 3.63) is 39.1 Å². The number of nitrogens with one attached hydrogen (secondary N) is 1. The molecule has 1 N–H and O–H groups in total. The highest BCUT2D eigenvalue weighted by Gasteiger charge is 2.22. The Hall–Kier alpha value is -1.88. The molecule has 0 spiro atoms. The molecule has 0 radical (unpaired) electrons. The van der Waals surface area contributed by atoms with Gasteiger partial charge in [-0.3, -0.25) is 10.1 Å². The lowest BCUT2D eigenvalue weighted by atomic mass is 9.90. The van der Waals surface area contributed by atoms with Crippen LogP contribution in [0.5, 0.6) is 5.75 Å². The van der Waals surface area contributed by atoms with Gasteiger partial charge in [-0.25, -0.2) is 0 Å². The van der Waals surface area contributed by atoms with Gasteiger partial charge >= 0.3 is 0 Å². The van der Waals surface area contributed by atoms with E-state index < -0.39 is 6.10 Å². The summed E-state index contributed by atoms with van der Waals surface area (Å²) in [5.74, 6) is 1.62. The van der Waals surface area contributed by atoms with Gasteiger partial charge in [0.25, 0.3) is 0 Å². The molecule has 1 aromatic carbocycles. The first kappa shape index (κ1) is 25.2. The first-order chi connectivity index (χ1) is 16.4. The molecule has 1 saturated carbocycles. The molecule has 3 aromatic rings. The summed E-state index contributed by atoms with van der Waals surface area (Å²) >= 11 is 15.1. The van der Waals surface area contributed by atoms with Gasteiger partial charge in [-0.2, -0.15) is 0 Å². The molecule has 12 heteroatoms. The maximum absolute atomic E-state index is 12.5. The third-order valence-electron chi connectivity index (χ3n) is 5.60. The summed E-state index contributed by atoms with van der Waals surface area (Å²) in [6, 6.07) is 5.06. The van der Waals surface area contributed by atoms with Crippen molar-refractivity contribution in [3.63, 3.8) is 0 Å². The quantitative estimate of drug-likeness (QED) is 0.314. The van der Waals surface area contributed by atoms with Gasteiger partial charge in [-0.1, -0.05) is 65.6 Å². The second-order valence-corrected chi connectivity index (χ2v) is 10.8. The maximum Gasteiger partial charge on any atom is 0.236 e. The fourth-order valence-corrected chi connectivity index (χ4v) is 5.96. The Morgan fingerprint density at radius 2 is 2.03 bits per heavy atom. The number of amides is 1. The van der Waals surface area contributed by atoms with E-state index in [0.29, 0.717) is 44.4 Å². The Labute approximate surface area is 216 Å². The van der Waals surface area contributed by atoms with Crippen LogP contribution in [0.4, 0.5) is 5.13 Å². The molecule has 1 aliphatic rings. The van der Waals surface area contributed by atoms with Crippen LogP contribution in [0.2, 0.25) is 10.0 Å². The number of benzene rings is 1. The molecule has 2 heterocycles. The third kappa shape index (κ3) is 6.21. The number of hydrogen-bond donors (Lipinski definition) is 1. The van der Waals surface area contributed by atoms with Crippen molar-refractivity contribution in [2.75, 3.05) is 11.1 Å². The largest absolute Gasteiger partial charge is 0.481 e. The van der Waals surface area contributed by atoms with E-state index in [-0.39, 0.29) is 11.7 Å². The average molecular weight is 542 g/mol. The van der Waals surface area contributed by atoms with Crippen molar-refractivity contribution in [3.8, 4) is 5.75 Å². The van der Waals surface area contributed by atoms with Gasteiger partial charge in [-0.05, 0) is 38.8 Å². The lowest BCUT2D eigenvalue weighted by Crippen LogP contribution is -2.15. The van der Waals surface area contributed by atoms with E-state index in [1.807, 2.05) is 18.4 Å². The van der Waals surface area contributed by atoms with Gasteiger partial charge in [0.2, 0.25) is 11.0 Å². The number of hydrogen-bond acceptors (Lipinski definition) is 8. The van der Waals surface area contributed by atoms with Crippen LogP contribution in [0.3, 0.4) is 0 Å². The standard InChI is InChI=1S/C22H26Cl2N6O2S2/c1-3-30-19(13(2)32-17-11-15(23)9-10-16(17)24)26-29-22(30)33-12-18(31)25-21-28-27-20(34-21)14-7-5-4-6-8-14/h9-11,13-14H,3-8,12H2,1-2H3,(H,25,28,31). The number of aromatic nitrogens is 5. The smallest absolute Gasteiger partial charge is 0.236 e. The van der Waals surface area contributed by atoms with Crippen molar-refractivity contribution >= 4 is 57.3 Å². The highest BCUT2D eigenvalue weighted by atomic mass is 35.5. The summed E-state index contributed by atoms with van der Waals surface area (Å²) in [6.07, 6.45) is 5.65. The summed E-state index contributed by atoms with van der Waals surface area (Å²) in [5.41, 5.74) is 0. The van der Waals surface area contributed by atoms with Crippen molar-refractivity contribution in [2.45, 2.75) is 69.7 Å². The van der Waals surface area contributed by atoms with Gasteiger partial charge in [-0.15, -0.1) is 20.4 Å². The molecule has 0 bridgehead atoms. The highest BCUT2D eigenvalue weighted by molar-refractivity contribution is 7.99. The SMILES string of the molecule is CCn1c(SCC(=O)Nc2nnc(C3CCCCC3)s2)nnc1C(C)Oc1cc(Cl)ccc1Cl. The molecular weight excluding hydrogens is 515 g/mol. The Morgan fingerprint density at radius 1 is 1.24 bits per heavy atom. The Kier molecular flexibility index (Phi) is 8.68. The first-order valence-electron chi connectivity index (χ1n) is 11.3. The second kappa shape index (κ2) is 11.7. The third-order valence-corrected chi connectivity index (χ3v) is 8.11. The van der Waals surface area contributed by atoms with Crippen molar-refractivity contribution in [2.24, 2.45) is 0 Å². The number of ether oxygens (including phenoxy) is 1. The predicted molar refractivity (Wildman–Crippen MR) is 136 cm³/mol. The van der Waals surface area contributed by atoms with Crippen LogP contribution in [0.25, 0.3) is 0 Å². The summed E-state index contributed by atoms with van der Waals surface area (Å²) in [7, 11) is 0. The zero-order valence-corrected chi connectivity index (χ0v) is 22.1. The average Bonchev–Trinajstić information content (AvgIpc) is 3.47. The molecule has 2 aromatic heterocycles. The highest BCUT2D eigenvalue weighted by Crippen LogP contribution is 2.35. The zero-order valence-electron chi connectivity index (χ0n) is 19.0. The van der Waals surface area contributed by atoms with Crippen LogP contribution in [0.15, 0.2) is 23.4 Å². The van der Waals surface area contributed by atoms with Crippen LogP contribution in [-0.4, -0.2) is 36.6 Å². The van der Waals surface area contributed by atoms with E-state index in [0.717, 1.165) is 17.8 Å². The van der Waals surface area contributed by atoms with E-state index in [1.165, 1.54) is 42.4 Å². The molecular formula is C22H26Cl2N6O2S2. The summed E-state index contributed by atoms with van der Waals surface area (Å²) in [6.45, 7) is 4.49. The normalized spacial score (nSPS) is 15.3. The zero-order chi connectivity index (χ0) is 24.1. The molecule has 1 unspecified atom stereocenters. The van der Waals surface area contributed by atoms with E-state index in [2.05, 4.69) is 25.7 Å². The molecule has 0 saturated heterocycles. The van der Waals surface area contributed by atoms with Crippen molar-refractivity contribution in [1.82, 2.24) is 25.0 Å². The molecule has 1 amide bonds. The molecule has 1 atom stereocenters. The fraction of sp³-hybridized carbons (Fsp3) is 0.500. The molecule has 8 nitrogen and oxygen atoms in total. The predicted octanol–water partition coefficient (Wildman–Crippen LogP) is 6.37. The van der Waals surface area contributed by atoms with Gasteiger partial charge in [0.05, 0.1) is 10.8 Å². The number of carbonyl (C=O) groups is 1. The van der Waals surface area contributed by atoms with Gasteiger partial charge in [0.15, 0.2) is 17.1 Å². The Morgan fingerprint density at radius 3 is 2.79 bits per heavy atom. The topological polar surface area (TPSA) is 94.8 Å². The molecule has 4 rings (SSSR count). The van der Waals surface area contributed by atoms with Crippen molar-refractivity contribution in [1.29, 1.82) is 0 Å². The second-order valence-electron chi connectivity index (χ2n) is 8.04. The number of carbonyl (C=O) groups excluding carboxylic acids is 1.